The molecule has 0 aliphatic carbocycles. The van der Waals surface area contributed by atoms with E-state index >= 15 is 0 Å². The lowest BCUT2D eigenvalue weighted by Crippen LogP contribution is -1.96. The van der Waals surface area contributed by atoms with Gasteiger partial charge in [-0.15, -0.1) is 0 Å². The standard InChI is InChI=1S/C19H24O/c1-3-4-5-6-7-10-16-13-18(15(2)20)14-17-11-8-9-12-19(16)17/h8-9,11-14H,3-7,10H2,1-2H3. The molecule has 0 spiro atoms. The van der Waals surface area contributed by atoms with Crippen molar-refractivity contribution in [3.63, 3.8) is 0 Å². The van der Waals surface area contributed by atoms with Crippen molar-refractivity contribution in [1.29, 1.82) is 0 Å². The number of unbranched alkanes of at least 4 members (excludes halogenated alkanes) is 4. The van der Waals surface area contributed by atoms with E-state index in [2.05, 4.69) is 31.2 Å². The van der Waals surface area contributed by atoms with E-state index in [1.807, 2.05) is 12.1 Å². The first-order chi connectivity index (χ1) is 9.72. The van der Waals surface area contributed by atoms with Crippen LogP contribution >= 0.6 is 0 Å². The van der Waals surface area contributed by atoms with Crippen LogP contribution < -0.4 is 0 Å². The van der Waals surface area contributed by atoms with Gasteiger partial charge in [0.1, 0.15) is 0 Å². The fourth-order valence-electron chi connectivity index (χ4n) is 2.72. The molecule has 0 unspecified atom stereocenters. The zero-order valence-electron chi connectivity index (χ0n) is 12.6. The van der Waals surface area contributed by atoms with Crippen LogP contribution in [0.4, 0.5) is 0 Å². The number of Topliss-reactive ketones (excluding diaryl/α,β-unsaturated/α-hetero) is 1. The molecule has 0 saturated heterocycles. The first kappa shape index (κ1) is 14.8. The van der Waals surface area contributed by atoms with Gasteiger partial charge in [-0.2, -0.15) is 0 Å². The van der Waals surface area contributed by atoms with Gasteiger partial charge in [0, 0.05) is 5.56 Å². The van der Waals surface area contributed by atoms with Gasteiger partial charge >= 0.3 is 0 Å². The molecule has 1 heteroatoms. The number of carbonyl (C=O) groups is 1. The topological polar surface area (TPSA) is 17.1 Å². The Kier molecular flexibility index (Phi) is 5.34. The van der Waals surface area contributed by atoms with Crippen molar-refractivity contribution in [2.24, 2.45) is 0 Å². The molecular weight excluding hydrogens is 244 g/mol. The van der Waals surface area contributed by atoms with Crippen molar-refractivity contribution in [1.82, 2.24) is 0 Å². The van der Waals surface area contributed by atoms with E-state index in [9.17, 15) is 4.79 Å². The highest BCUT2D eigenvalue weighted by atomic mass is 16.1. The Morgan fingerprint density at radius 1 is 1.00 bits per heavy atom. The Balaban J connectivity index is 2.19. The first-order valence-corrected chi connectivity index (χ1v) is 7.75. The largest absolute Gasteiger partial charge is 0.295 e. The Hall–Kier alpha value is -1.63. The highest BCUT2D eigenvalue weighted by Gasteiger charge is 2.06. The van der Waals surface area contributed by atoms with Gasteiger partial charge in [-0.05, 0) is 48.2 Å². The van der Waals surface area contributed by atoms with Crippen LogP contribution in [0, 0.1) is 0 Å². The van der Waals surface area contributed by atoms with E-state index in [-0.39, 0.29) is 5.78 Å². The molecule has 0 bridgehead atoms. The normalized spacial score (nSPS) is 10.9. The SMILES string of the molecule is CCCCCCCc1cc(C(C)=O)cc2ccccc12. The van der Waals surface area contributed by atoms with Crippen LogP contribution in [-0.2, 0) is 6.42 Å². The highest BCUT2D eigenvalue weighted by Crippen LogP contribution is 2.23. The maximum absolute atomic E-state index is 11.7. The second-order valence-corrected chi connectivity index (χ2v) is 5.58. The molecule has 2 aromatic rings. The van der Waals surface area contributed by atoms with E-state index in [4.69, 9.17) is 0 Å². The molecule has 0 aliphatic rings. The van der Waals surface area contributed by atoms with Crippen molar-refractivity contribution >= 4 is 16.6 Å². The Bertz CT molecular complexity index is 583. The summed E-state index contributed by atoms with van der Waals surface area (Å²) in [4.78, 5) is 11.7. The zero-order chi connectivity index (χ0) is 14.4. The third-order valence-corrected chi connectivity index (χ3v) is 3.90. The first-order valence-electron chi connectivity index (χ1n) is 7.75. The van der Waals surface area contributed by atoms with Gasteiger partial charge in [0.25, 0.3) is 0 Å². The summed E-state index contributed by atoms with van der Waals surface area (Å²) in [6.07, 6.45) is 7.50. The van der Waals surface area contributed by atoms with Crippen LogP contribution in [0.5, 0.6) is 0 Å². The number of hydrogen-bond acceptors (Lipinski definition) is 1. The summed E-state index contributed by atoms with van der Waals surface area (Å²) in [6, 6.07) is 12.5. The third kappa shape index (κ3) is 3.69. The average Bonchev–Trinajstić information content (AvgIpc) is 2.46. The van der Waals surface area contributed by atoms with Crippen LogP contribution in [0.3, 0.4) is 0 Å². The zero-order valence-corrected chi connectivity index (χ0v) is 12.6. The second-order valence-electron chi connectivity index (χ2n) is 5.58. The summed E-state index contributed by atoms with van der Waals surface area (Å²) in [5.74, 6) is 0.156. The van der Waals surface area contributed by atoms with E-state index in [0.29, 0.717) is 0 Å². The summed E-state index contributed by atoms with van der Waals surface area (Å²) >= 11 is 0. The van der Waals surface area contributed by atoms with Gasteiger partial charge in [0.2, 0.25) is 0 Å². The van der Waals surface area contributed by atoms with Crippen molar-refractivity contribution in [3.8, 4) is 0 Å². The van der Waals surface area contributed by atoms with E-state index in [1.54, 1.807) is 6.92 Å². The summed E-state index contributed by atoms with van der Waals surface area (Å²) in [7, 11) is 0. The van der Waals surface area contributed by atoms with Crippen LogP contribution in [0.25, 0.3) is 10.8 Å². The molecule has 0 heterocycles. The summed E-state index contributed by atoms with van der Waals surface area (Å²) in [6.45, 7) is 3.89. The Labute approximate surface area is 122 Å². The number of ketones is 1. The van der Waals surface area contributed by atoms with E-state index in [0.717, 1.165) is 12.0 Å². The van der Waals surface area contributed by atoms with Crippen LogP contribution in [-0.4, -0.2) is 5.78 Å². The molecule has 0 saturated carbocycles. The van der Waals surface area contributed by atoms with Gasteiger partial charge in [-0.1, -0.05) is 56.9 Å². The molecule has 2 aromatic carbocycles. The lowest BCUT2D eigenvalue weighted by molar-refractivity contribution is 0.101. The number of rotatable bonds is 7. The molecule has 0 amide bonds. The number of benzene rings is 2. The predicted molar refractivity (Wildman–Crippen MR) is 86.4 cm³/mol. The van der Waals surface area contributed by atoms with Gasteiger partial charge in [-0.25, -0.2) is 0 Å². The molecule has 0 radical (unpaired) electrons. The smallest absolute Gasteiger partial charge is 0.159 e. The Morgan fingerprint density at radius 3 is 2.50 bits per heavy atom. The molecule has 0 atom stereocenters. The molecule has 2 rings (SSSR count). The second kappa shape index (κ2) is 7.23. The van der Waals surface area contributed by atoms with E-state index < -0.39 is 0 Å². The molecule has 0 fully saturated rings. The monoisotopic (exact) mass is 268 g/mol. The minimum atomic E-state index is 0.156. The summed E-state index contributed by atoms with van der Waals surface area (Å²) in [5.41, 5.74) is 2.16. The lowest BCUT2D eigenvalue weighted by Gasteiger charge is -2.09. The molecule has 106 valence electrons. The minimum absolute atomic E-state index is 0.156. The highest BCUT2D eigenvalue weighted by molar-refractivity contribution is 5.99. The van der Waals surface area contributed by atoms with E-state index in [1.165, 1.54) is 48.4 Å². The van der Waals surface area contributed by atoms with Gasteiger partial charge in [0.05, 0.1) is 0 Å². The Morgan fingerprint density at radius 2 is 1.75 bits per heavy atom. The minimum Gasteiger partial charge on any atom is -0.295 e. The summed E-state index contributed by atoms with van der Waals surface area (Å²) in [5, 5.41) is 2.48. The third-order valence-electron chi connectivity index (χ3n) is 3.90. The fourth-order valence-corrected chi connectivity index (χ4v) is 2.72. The number of aryl methyl sites for hydroxylation is 1. The molecule has 0 aromatic heterocycles. The maximum Gasteiger partial charge on any atom is 0.159 e. The molecule has 20 heavy (non-hydrogen) atoms. The molecule has 1 nitrogen and oxygen atoms in total. The molecular formula is C19H24O. The van der Waals surface area contributed by atoms with Crippen molar-refractivity contribution < 1.29 is 4.79 Å². The lowest BCUT2D eigenvalue weighted by atomic mass is 9.95. The molecule has 0 aliphatic heterocycles. The van der Waals surface area contributed by atoms with Crippen LogP contribution in [0.1, 0.15) is 61.9 Å². The fraction of sp³-hybridized carbons (Fsp3) is 0.421. The number of carbonyl (C=O) groups excluding carboxylic acids is 1. The van der Waals surface area contributed by atoms with Crippen molar-refractivity contribution in [2.45, 2.75) is 52.4 Å². The average molecular weight is 268 g/mol. The van der Waals surface area contributed by atoms with Crippen molar-refractivity contribution in [3.05, 3.63) is 47.5 Å². The van der Waals surface area contributed by atoms with Crippen LogP contribution in [0.15, 0.2) is 36.4 Å². The van der Waals surface area contributed by atoms with Gasteiger partial charge < -0.3 is 0 Å². The predicted octanol–water partition coefficient (Wildman–Crippen LogP) is 5.56. The van der Waals surface area contributed by atoms with Gasteiger partial charge in [0.15, 0.2) is 5.78 Å². The van der Waals surface area contributed by atoms with Crippen molar-refractivity contribution in [2.75, 3.05) is 0 Å². The number of fused-ring (bicyclic) bond motifs is 1. The quantitative estimate of drug-likeness (QED) is 0.475. The van der Waals surface area contributed by atoms with Gasteiger partial charge in [-0.3, -0.25) is 4.79 Å². The maximum atomic E-state index is 11.7. The molecule has 0 N–H and O–H groups in total. The summed E-state index contributed by atoms with van der Waals surface area (Å²) < 4.78 is 0. The van der Waals surface area contributed by atoms with Crippen LogP contribution in [0.2, 0.25) is 0 Å². The number of hydrogen-bond donors (Lipinski definition) is 0.